The lowest BCUT2D eigenvalue weighted by Gasteiger charge is -2.14. The van der Waals surface area contributed by atoms with Gasteiger partial charge in [-0.25, -0.2) is 13.2 Å². The molecule has 0 unspecified atom stereocenters. The van der Waals surface area contributed by atoms with Gasteiger partial charge in [0.25, 0.3) is 10.0 Å². The molecule has 0 aromatic carbocycles. The number of aryl methyl sites for hydroxylation is 1. The highest BCUT2D eigenvalue weighted by molar-refractivity contribution is 9.10. The van der Waals surface area contributed by atoms with Crippen molar-refractivity contribution in [3.8, 4) is 0 Å². The van der Waals surface area contributed by atoms with E-state index in [0.29, 0.717) is 16.0 Å². The molecule has 2 aromatic heterocycles. The topological polar surface area (TPSA) is 87.8 Å². The third-order valence-corrected chi connectivity index (χ3v) is 6.67. The summed E-state index contributed by atoms with van der Waals surface area (Å²) in [5.74, 6) is -0.642. The van der Waals surface area contributed by atoms with Crippen molar-refractivity contribution >= 4 is 43.3 Å². The Hall–Kier alpha value is -1.16. The van der Waals surface area contributed by atoms with Crippen LogP contribution in [0.4, 0.5) is 0 Å². The number of aromatic carboxylic acids is 1. The summed E-state index contributed by atoms with van der Waals surface area (Å²) in [4.78, 5) is 11.0. The lowest BCUT2D eigenvalue weighted by Crippen LogP contribution is -2.25. The largest absolute Gasteiger partial charge is 0.477 e. The number of rotatable bonds is 5. The highest BCUT2D eigenvalue weighted by Crippen LogP contribution is 2.29. The molecule has 2 rings (SSSR count). The summed E-state index contributed by atoms with van der Waals surface area (Å²) in [6, 6.07) is 4.71. The SMILES string of the molecule is Cc1cc(S(=O)(=O)N(C)Cc2ccc(Br)o2)sc1C(=O)O. The molecular formula is C12H12BrNO5S2. The molecule has 9 heteroatoms. The van der Waals surface area contributed by atoms with Gasteiger partial charge in [0.2, 0.25) is 0 Å². The van der Waals surface area contributed by atoms with E-state index in [-0.39, 0.29) is 15.6 Å². The first-order valence-electron chi connectivity index (χ1n) is 5.76. The van der Waals surface area contributed by atoms with Crippen LogP contribution in [-0.2, 0) is 16.6 Å². The van der Waals surface area contributed by atoms with Crippen LogP contribution in [0.15, 0.2) is 31.5 Å². The second kappa shape index (κ2) is 5.91. The zero-order valence-corrected chi connectivity index (χ0v) is 14.4. The van der Waals surface area contributed by atoms with Crippen LogP contribution in [0.1, 0.15) is 21.0 Å². The summed E-state index contributed by atoms with van der Waals surface area (Å²) < 4.78 is 31.8. The number of thiophene rings is 1. The van der Waals surface area contributed by atoms with Gasteiger partial charge in [-0.2, -0.15) is 4.31 Å². The third-order valence-electron chi connectivity index (χ3n) is 2.76. The maximum atomic E-state index is 12.4. The van der Waals surface area contributed by atoms with E-state index in [1.165, 1.54) is 13.1 Å². The minimum Gasteiger partial charge on any atom is -0.477 e. The van der Waals surface area contributed by atoms with Crippen LogP contribution in [0.2, 0.25) is 0 Å². The molecule has 2 aromatic rings. The van der Waals surface area contributed by atoms with E-state index in [2.05, 4.69) is 15.9 Å². The molecule has 1 N–H and O–H groups in total. The lowest BCUT2D eigenvalue weighted by atomic mass is 10.3. The molecule has 0 amide bonds. The number of hydrogen-bond acceptors (Lipinski definition) is 5. The summed E-state index contributed by atoms with van der Waals surface area (Å²) in [5.41, 5.74) is 0.431. The monoisotopic (exact) mass is 393 g/mol. The fourth-order valence-corrected chi connectivity index (χ4v) is 4.75. The van der Waals surface area contributed by atoms with Crippen LogP contribution in [0.3, 0.4) is 0 Å². The predicted molar refractivity (Wildman–Crippen MR) is 81.1 cm³/mol. The lowest BCUT2D eigenvalue weighted by molar-refractivity contribution is 0.0701. The summed E-state index contributed by atoms with van der Waals surface area (Å²) in [7, 11) is -2.33. The van der Waals surface area contributed by atoms with Crippen molar-refractivity contribution in [1.29, 1.82) is 0 Å². The quantitative estimate of drug-likeness (QED) is 0.843. The number of carboxylic acid groups (broad SMARTS) is 1. The molecule has 2 heterocycles. The normalized spacial score (nSPS) is 12.0. The van der Waals surface area contributed by atoms with Crippen LogP contribution in [0.5, 0.6) is 0 Å². The second-order valence-electron chi connectivity index (χ2n) is 4.35. The standard InChI is InChI=1S/C12H12BrNO5S2/c1-7-5-10(20-11(7)12(15)16)21(17,18)14(2)6-8-3-4-9(13)19-8/h3-5H,6H2,1-2H3,(H,15,16). The Morgan fingerprint density at radius 1 is 1.48 bits per heavy atom. The number of hydrogen-bond donors (Lipinski definition) is 1. The minimum atomic E-state index is -3.75. The second-order valence-corrected chi connectivity index (χ2v) is 8.46. The van der Waals surface area contributed by atoms with Crippen LogP contribution in [0, 0.1) is 6.92 Å². The third kappa shape index (κ3) is 3.37. The van der Waals surface area contributed by atoms with Crippen LogP contribution in [-0.4, -0.2) is 30.8 Å². The van der Waals surface area contributed by atoms with Crippen molar-refractivity contribution in [2.75, 3.05) is 7.05 Å². The van der Waals surface area contributed by atoms with Gasteiger partial charge < -0.3 is 9.52 Å². The summed E-state index contributed by atoms with van der Waals surface area (Å²) in [6.07, 6.45) is 0. The van der Waals surface area contributed by atoms with Crippen LogP contribution < -0.4 is 0 Å². The number of carbonyl (C=O) groups is 1. The molecule has 0 saturated heterocycles. The Labute approximate surface area is 134 Å². The molecule has 6 nitrogen and oxygen atoms in total. The van der Waals surface area contributed by atoms with Gasteiger partial charge in [0, 0.05) is 7.05 Å². The van der Waals surface area contributed by atoms with E-state index in [9.17, 15) is 13.2 Å². The molecule has 21 heavy (non-hydrogen) atoms. The molecule has 114 valence electrons. The fourth-order valence-electron chi connectivity index (χ4n) is 1.69. The van der Waals surface area contributed by atoms with Gasteiger partial charge >= 0.3 is 5.97 Å². The maximum Gasteiger partial charge on any atom is 0.346 e. The average Bonchev–Trinajstić information content (AvgIpc) is 2.95. The minimum absolute atomic E-state index is 0.00511. The van der Waals surface area contributed by atoms with Gasteiger partial charge in [-0.3, -0.25) is 0 Å². The number of carboxylic acids is 1. The Morgan fingerprint density at radius 3 is 2.62 bits per heavy atom. The van der Waals surface area contributed by atoms with Gasteiger partial charge in [0.1, 0.15) is 14.8 Å². The van der Waals surface area contributed by atoms with Gasteiger partial charge in [-0.15, -0.1) is 11.3 Å². The predicted octanol–water partition coefficient (Wildman–Crippen LogP) is 2.93. The molecule has 0 bridgehead atoms. The fraction of sp³-hybridized carbons (Fsp3) is 0.250. The molecule has 0 saturated carbocycles. The summed E-state index contributed by atoms with van der Waals surface area (Å²) in [6.45, 7) is 1.63. The molecule has 0 aliphatic carbocycles. The molecule has 0 fully saturated rings. The highest BCUT2D eigenvalue weighted by Gasteiger charge is 2.26. The smallest absolute Gasteiger partial charge is 0.346 e. The molecule has 0 spiro atoms. The zero-order chi connectivity index (χ0) is 15.8. The van der Waals surface area contributed by atoms with Crippen molar-refractivity contribution in [2.24, 2.45) is 0 Å². The van der Waals surface area contributed by atoms with Crippen molar-refractivity contribution in [3.05, 3.63) is 39.1 Å². The van der Waals surface area contributed by atoms with Crippen molar-refractivity contribution in [1.82, 2.24) is 4.31 Å². The average molecular weight is 394 g/mol. The maximum absolute atomic E-state index is 12.4. The molecule has 0 aliphatic rings. The Morgan fingerprint density at radius 2 is 2.14 bits per heavy atom. The Balaban J connectivity index is 2.28. The molecule has 0 atom stereocenters. The number of halogens is 1. The molecule has 0 aliphatic heterocycles. The van der Waals surface area contributed by atoms with Gasteiger partial charge in [0.05, 0.1) is 6.54 Å². The van der Waals surface area contributed by atoms with E-state index >= 15 is 0 Å². The Bertz CT molecular complexity index is 777. The van der Waals surface area contributed by atoms with Crippen LogP contribution >= 0.6 is 27.3 Å². The first kappa shape index (κ1) is 16.2. The Kier molecular flexibility index (Phi) is 4.57. The van der Waals surface area contributed by atoms with Gasteiger partial charge in [-0.05, 0) is 46.6 Å². The van der Waals surface area contributed by atoms with Gasteiger partial charge in [0.15, 0.2) is 4.67 Å². The van der Waals surface area contributed by atoms with E-state index in [4.69, 9.17) is 9.52 Å². The first-order chi connectivity index (χ1) is 9.71. The van der Waals surface area contributed by atoms with E-state index in [1.54, 1.807) is 19.1 Å². The number of furan rings is 1. The van der Waals surface area contributed by atoms with Crippen molar-refractivity contribution in [3.63, 3.8) is 0 Å². The van der Waals surface area contributed by atoms with Crippen molar-refractivity contribution < 1.29 is 22.7 Å². The van der Waals surface area contributed by atoms with Crippen molar-refractivity contribution in [2.45, 2.75) is 17.7 Å². The van der Waals surface area contributed by atoms with E-state index in [0.717, 1.165) is 15.6 Å². The van der Waals surface area contributed by atoms with E-state index in [1.807, 2.05) is 0 Å². The summed E-state index contributed by atoms with van der Waals surface area (Å²) in [5, 5.41) is 9.00. The molecule has 0 radical (unpaired) electrons. The number of nitrogens with zero attached hydrogens (tertiary/aromatic N) is 1. The number of sulfonamides is 1. The van der Waals surface area contributed by atoms with Crippen LogP contribution in [0.25, 0.3) is 0 Å². The summed E-state index contributed by atoms with van der Waals surface area (Å²) >= 11 is 3.90. The van der Waals surface area contributed by atoms with E-state index < -0.39 is 16.0 Å². The molecular weight excluding hydrogens is 382 g/mol. The van der Waals surface area contributed by atoms with Gasteiger partial charge in [-0.1, -0.05) is 0 Å². The highest BCUT2D eigenvalue weighted by atomic mass is 79.9. The first-order valence-corrected chi connectivity index (χ1v) is 8.81. The zero-order valence-electron chi connectivity index (χ0n) is 11.2.